The normalized spacial score (nSPS) is 10.9. The van der Waals surface area contributed by atoms with Gasteiger partial charge < -0.3 is 49.0 Å². The number of carbonyl (C=O) groups is 4. The zero-order valence-corrected chi connectivity index (χ0v) is 60.1. The van der Waals surface area contributed by atoms with Crippen molar-refractivity contribution >= 4 is 146 Å². The van der Waals surface area contributed by atoms with Crippen LogP contribution in [-0.4, -0.2) is 110 Å². The van der Waals surface area contributed by atoms with Gasteiger partial charge in [-0.05, 0) is 203 Å². The van der Waals surface area contributed by atoms with Crippen molar-refractivity contribution in [3.8, 4) is 11.1 Å². The number of hydroxylamine groups is 4. The Balaban J connectivity index is 0.000000148. The number of rotatable bonds is 22. The summed E-state index contributed by atoms with van der Waals surface area (Å²) in [4.78, 5) is 64.4. The van der Waals surface area contributed by atoms with Crippen LogP contribution in [0.5, 0.6) is 0 Å². The molecule has 12 N–H and O–H groups in total. The Bertz CT molecular complexity index is 4990. The highest BCUT2D eigenvalue weighted by Gasteiger charge is 2.19. The molecule has 0 aliphatic carbocycles. The zero-order chi connectivity index (χ0) is 73.1. The molecule has 0 atom stereocenters. The van der Waals surface area contributed by atoms with Crippen LogP contribution >= 0.6 is 31.9 Å². The van der Waals surface area contributed by atoms with Gasteiger partial charge in [-0.2, -0.15) is 0 Å². The number of hydrogen-bond donors (Lipinski definition) is 12. The van der Waals surface area contributed by atoms with Gasteiger partial charge in [0.15, 0.2) is 0 Å². The second-order valence-corrected chi connectivity index (χ2v) is 25.5. The van der Waals surface area contributed by atoms with Crippen LogP contribution < -0.4 is 43.2 Å². The molecule has 13 aromatic rings. The first kappa shape index (κ1) is 74.4. The van der Waals surface area contributed by atoms with Crippen LogP contribution in [0.1, 0.15) is 87.6 Å². The fourth-order valence-corrected chi connectivity index (χ4v) is 11.9. The zero-order valence-electron chi connectivity index (χ0n) is 56.9. The lowest BCUT2D eigenvalue weighted by atomic mass is 10.1. The van der Waals surface area contributed by atoms with Crippen molar-refractivity contribution < 1.29 is 49.5 Å². The molecule has 26 nitrogen and oxygen atoms in total. The van der Waals surface area contributed by atoms with E-state index >= 15 is 0 Å². The van der Waals surface area contributed by atoms with E-state index in [1.165, 1.54) is 0 Å². The summed E-state index contributed by atoms with van der Waals surface area (Å²) >= 11 is 6.97. The molecular formula is C75H76Br2N16O10. The molecule has 4 heterocycles. The van der Waals surface area contributed by atoms with Gasteiger partial charge in [0.05, 0.1) is 50.7 Å². The maximum absolute atomic E-state index is 11.5. The number of halogens is 2. The average Bonchev–Trinajstić information content (AvgIpc) is 1.66. The Morgan fingerprint density at radius 2 is 0.757 bits per heavy atom. The number of para-hydroxylation sites is 2. The molecule has 0 saturated heterocycles. The van der Waals surface area contributed by atoms with Crippen LogP contribution in [0.4, 0.5) is 46.5 Å². The topological polar surface area (TPSA) is 335 Å². The lowest BCUT2D eigenvalue weighted by molar-refractivity contribution is 0.0702. The molecule has 0 bridgehead atoms. The van der Waals surface area contributed by atoms with Gasteiger partial charge in [-0.3, -0.25) is 40.0 Å². The number of methoxy groups -OCH3 is 2. The van der Waals surface area contributed by atoms with E-state index in [9.17, 15) is 19.2 Å². The Morgan fingerprint density at radius 1 is 0.379 bits per heavy atom. The summed E-state index contributed by atoms with van der Waals surface area (Å²) in [7, 11) is 3.36. The molecule has 4 amide bonds. The second-order valence-electron chi connectivity index (χ2n) is 23.7. The second kappa shape index (κ2) is 35.3. The highest BCUT2D eigenvalue weighted by Crippen LogP contribution is 2.33. The SMILES string of the molecule is CC(C)n1c(Nc2ccc(C(=O)NO)cc2)nc2cc(Br)ccc21.CC(C)n1c(Nc2ccc(C(=O)NO)cc2)nc2ccc(Br)cc21.COCCCn1c(Nc2ccc(C(=O)NO)cc2)nc2ccccc21.COCCn1c(Nc2ccc(C(=O)NO)cc2)nc2cc(-c3ccccc3)ccc21. The van der Waals surface area contributed by atoms with E-state index in [4.69, 9.17) is 35.3 Å². The summed E-state index contributed by atoms with van der Waals surface area (Å²) in [5, 5.41) is 47.9. The molecule has 28 heteroatoms. The van der Waals surface area contributed by atoms with Crippen LogP contribution in [0.2, 0.25) is 0 Å². The average molecular weight is 1520 g/mol. The summed E-state index contributed by atoms with van der Waals surface area (Å²) in [6, 6.07) is 64.0. The van der Waals surface area contributed by atoms with Gasteiger partial charge in [-0.25, -0.2) is 41.9 Å². The van der Waals surface area contributed by atoms with Crippen LogP contribution in [0, 0.1) is 0 Å². The van der Waals surface area contributed by atoms with Gasteiger partial charge in [-0.15, -0.1) is 0 Å². The minimum absolute atomic E-state index is 0.228. The standard InChI is InChI=1S/C23H22N4O3.C18H20N4O3.2C17H17BrN4O2/c1-30-14-13-27-21-12-9-18(16-5-3-2-4-6-16)15-20(21)25-23(27)24-19-10-7-17(8-11-19)22(28)26-29;1-25-12-4-11-22-16-6-3-2-5-15(16)20-18(22)19-14-9-7-13(8-10-14)17(23)21-24;1-10(2)22-15-8-5-12(18)9-14(15)20-17(22)19-13-6-3-11(4-7-13)16(23)21-24;1-10(2)22-15-9-12(18)5-8-14(15)20-17(22)19-13-6-3-11(4-7-13)16(23)21-24/h2-12,15,29H,13-14H2,1H3,(H,24,25)(H,26,28);2-3,5-10,24H,4,11-12H2,1H3,(H,19,20)(H,21,23);2*3-10,24H,1-2H3,(H,19,20)(H,21,23). The maximum Gasteiger partial charge on any atom is 0.274 e. The van der Waals surface area contributed by atoms with Gasteiger partial charge in [0.2, 0.25) is 23.8 Å². The van der Waals surface area contributed by atoms with Crippen molar-refractivity contribution in [2.24, 2.45) is 0 Å². The van der Waals surface area contributed by atoms with Gasteiger partial charge >= 0.3 is 0 Å². The van der Waals surface area contributed by atoms with E-state index in [0.717, 1.165) is 118 Å². The van der Waals surface area contributed by atoms with Gasteiger partial charge in [-0.1, -0.05) is 80.4 Å². The minimum atomic E-state index is -0.553. The third-order valence-electron chi connectivity index (χ3n) is 16.1. The molecule has 0 aliphatic heterocycles. The number of hydrogen-bond acceptors (Lipinski definition) is 18. The number of aryl methyl sites for hydroxylation is 1. The van der Waals surface area contributed by atoms with Crippen molar-refractivity contribution in [3.05, 3.63) is 237 Å². The quantitative estimate of drug-likeness (QED) is 0.0170. The first-order chi connectivity index (χ1) is 49.9. The van der Waals surface area contributed by atoms with Gasteiger partial charge in [0.1, 0.15) is 0 Å². The van der Waals surface area contributed by atoms with Crippen LogP contribution in [-0.2, 0) is 22.6 Å². The van der Waals surface area contributed by atoms with Crippen molar-refractivity contribution in [1.82, 2.24) is 60.1 Å². The predicted octanol–water partition coefficient (Wildman–Crippen LogP) is 15.6. The van der Waals surface area contributed by atoms with E-state index in [0.29, 0.717) is 48.0 Å². The molecular weight excluding hydrogens is 1440 g/mol. The first-order valence-corrected chi connectivity index (χ1v) is 34.1. The summed E-state index contributed by atoms with van der Waals surface area (Å²) in [5.41, 5.74) is 21.2. The summed E-state index contributed by atoms with van der Waals surface area (Å²) in [6.45, 7) is 11.1. The monoisotopic (exact) mass is 1520 g/mol. The van der Waals surface area contributed by atoms with E-state index in [1.807, 2.05) is 78.9 Å². The molecule has 0 spiro atoms. The predicted molar refractivity (Wildman–Crippen MR) is 405 cm³/mol. The van der Waals surface area contributed by atoms with E-state index < -0.39 is 23.6 Å². The number of aromatic nitrogens is 8. The number of imidazole rings is 4. The highest BCUT2D eigenvalue weighted by atomic mass is 79.9. The van der Waals surface area contributed by atoms with Crippen LogP contribution in [0.3, 0.4) is 0 Å². The lowest BCUT2D eigenvalue weighted by Crippen LogP contribution is -2.18. The molecule has 4 aromatic heterocycles. The van der Waals surface area contributed by atoms with Crippen molar-refractivity contribution in [2.45, 2.75) is 59.3 Å². The lowest BCUT2D eigenvalue weighted by Gasteiger charge is -2.14. The van der Waals surface area contributed by atoms with Crippen molar-refractivity contribution in [3.63, 3.8) is 0 Å². The van der Waals surface area contributed by atoms with Crippen LogP contribution in [0.15, 0.2) is 215 Å². The van der Waals surface area contributed by atoms with Gasteiger partial charge in [0.25, 0.3) is 23.6 Å². The highest BCUT2D eigenvalue weighted by molar-refractivity contribution is 9.10. The third kappa shape index (κ3) is 18.6. The molecule has 9 aromatic carbocycles. The number of carbonyl (C=O) groups excluding carboxylic acids is 4. The number of ether oxygens (including phenoxy) is 2. The number of nitrogens with one attached hydrogen (secondary N) is 8. The minimum Gasteiger partial charge on any atom is -0.385 e. The maximum atomic E-state index is 11.5. The number of nitrogens with zero attached hydrogens (tertiary/aromatic N) is 8. The molecule has 0 fully saturated rings. The van der Waals surface area contributed by atoms with Crippen LogP contribution in [0.25, 0.3) is 55.3 Å². The van der Waals surface area contributed by atoms with E-state index in [-0.39, 0.29) is 12.1 Å². The largest absolute Gasteiger partial charge is 0.385 e. The number of fused-ring (bicyclic) bond motifs is 4. The Hall–Kier alpha value is -11.3. The molecule has 0 aliphatic rings. The van der Waals surface area contributed by atoms with E-state index in [1.54, 1.807) is 133 Å². The smallest absolute Gasteiger partial charge is 0.274 e. The summed E-state index contributed by atoms with van der Waals surface area (Å²) in [5.74, 6) is 0.709. The number of amides is 4. The Kier molecular flexibility index (Phi) is 25.5. The van der Waals surface area contributed by atoms with E-state index in [2.05, 4.69) is 144 Å². The molecule has 530 valence electrons. The van der Waals surface area contributed by atoms with Crippen molar-refractivity contribution in [2.75, 3.05) is 48.7 Å². The number of anilines is 8. The molecule has 0 saturated carbocycles. The Morgan fingerprint density at radius 3 is 1.24 bits per heavy atom. The third-order valence-corrected chi connectivity index (χ3v) is 17.1. The molecule has 103 heavy (non-hydrogen) atoms. The first-order valence-electron chi connectivity index (χ1n) is 32.5. The molecule has 0 radical (unpaired) electrons. The fraction of sp³-hybridized carbons (Fsp3) is 0.173. The fourth-order valence-electron chi connectivity index (χ4n) is 11.2. The Labute approximate surface area is 608 Å². The number of benzene rings is 9. The van der Waals surface area contributed by atoms with Crippen molar-refractivity contribution in [1.29, 1.82) is 0 Å². The van der Waals surface area contributed by atoms with Gasteiger partial charge in [0, 0.05) is 99.9 Å². The molecule has 13 rings (SSSR count). The molecule has 0 unspecified atom stereocenters. The summed E-state index contributed by atoms with van der Waals surface area (Å²) < 4.78 is 20.8. The summed E-state index contributed by atoms with van der Waals surface area (Å²) in [6.07, 6.45) is 0.876.